The molecule has 0 radical (unpaired) electrons. The van der Waals surface area contributed by atoms with Crippen molar-refractivity contribution in [1.29, 1.82) is 0 Å². The van der Waals surface area contributed by atoms with Gasteiger partial charge in [-0.2, -0.15) is 0 Å². The Morgan fingerprint density at radius 2 is 1.85 bits per heavy atom. The molecule has 3 aromatic rings. The molecule has 0 N–H and O–H groups in total. The largest absolute Gasteiger partial charge is 0.338 e. The van der Waals surface area contributed by atoms with Crippen LogP contribution in [0.2, 0.25) is 0 Å². The maximum atomic E-state index is 12.9. The summed E-state index contributed by atoms with van der Waals surface area (Å²) in [4.78, 5) is 31.7. The molecule has 1 saturated heterocycles. The number of aromatic nitrogens is 2. The Hall–Kier alpha value is -2.95. The number of nitrogens with zero attached hydrogens (tertiary/aromatic N) is 3. The van der Waals surface area contributed by atoms with Crippen LogP contribution in [0.1, 0.15) is 34.3 Å². The quantitative estimate of drug-likeness (QED) is 0.720. The zero-order valence-electron chi connectivity index (χ0n) is 15.5. The normalized spacial score (nSPS) is 15.2. The van der Waals surface area contributed by atoms with Crippen molar-refractivity contribution < 1.29 is 4.79 Å². The highest BCUT2D eigenvalue weighted by atomic mass is 16.2. The number of aryl methyl sites for hydroxylation is 1. The van der Waals surface area contributed by atoms with E-state index >= 15 is 0 Å². The van der Waals surface area contributed by atoms with Gasteiger partial charge in [-0.25, -0.2) is 4.98 Å². The molecule has 0 saturated carbocycles. The molecule has 2 aromatic heterocycles. The average Bonchev–Trinajstić information content (AvgIpc) is 2.70. The number of benzene rings is 1. The first kappa shape index (κ1) is 17.5. The molecule has 3 heterocycles. The zero-order chi connectivity index (χ0) is 18.8. The molecule has 0 spiro atoms. The summed E-state index contributed by atoms with van der Waals surface area (Å²) in [5.41, 5.74) is 2.72. The van der Waals surface area contributed by atoms with Crippen LogP contribution >= 0.6 is 0 Å². The van der Waals surface area contributed by atoms with E-state index in [4.69, 9.17) is 0 Å². The van der Waals surface area contributed by atoms with Crippen LogP contribution in [0.3, 0.4) is 0 Å². The molecule has 1 fully saturated rings. The Morgan fingerprint density at radius 3 is 2.59 bits per heavy atom. The lowest BCUT2D eigenvalue weighted by atomic mass is 9.90. The molecular formula is C22H23N3O2. The van der Waals surface area contributed by atoms with E-state index in [1.807, 2.05) is 19.1 Å². The van der Waals surface area contributed by atoms with Crippen LogP contribution in [0.25, 0.3) is 5.65 Å². The third-order valence-electron chi connectivity index (χ3n) is 5.35. The van der Waals surface area contributed by atoms with E-state index in [1.165, 1.54) is 16.2 Å². The van der Waals surface area contributed by atoms with Gasteiger partial charge in [-0.05, 0) is 49.3 Å². The summed E-state index contributed by atoms with van der Waals surface area (Å²) >= 11 is 0. The van der Waals surface area contributed by atoms with E-state index in [1.54, 1.807) is 17.2 Å². The number of fused-ring (bicyclic) bond motifs is 1. The molecule has 27 heavy (non-hydrogen) atoms. The third-order valence-corrected chi connectivity index (χ3v) is 5.35. The van der Waals surface area contributed by atoms with Gasteiger partial charge in [-0.1, -0.05) is 36.4 Å². The van der Waals surface area contributed by atoms with Crippen LogP contribution < -0.4 is 5.56 Å². The first-order valence-electron chi connectivity index (χ1n) is 9.43. The number of likely N-dealkylation sites (tertiary alicyclic amines) is 1. The molecule has 138 valence electrons. The van der Waals surface area contributed by atoms with Gasteiger partial charge in [0, 0.05) is 25.5 Å². The van der Waals surface area contributed by atoms with Crippen molar-refractivity contribution in [3.63, 3.8) is 0 Å². The van der Waals surface area contributed by atoms with E-state index in [9.17, 15) is 9.59 Å². The van der Waals surface area contributed by atoms with Crippen LogP contribution in [-0.4, -0.2) is 33.3 Å². The summed E-state index contributed by atoms with van der Waals surface area (Å²) in [7, 11) is 0. The lowest BCUT2D eigenvalue weighted by Crippen LogP contribution is -2.41. The van der Waals surface area contributed by atoms with E-state index in [-0.39, 0.29) is 17.0 Å². The van der Waals surface area contributed by atoms with Gasteiger partial charge in [0.05, 0.1) is 0 Å². The average molecular weight is 361 g/mol. The van der Waals surface area contributed by atoms with Gasteiger partial charge in [0.2, 0.25) is 0 Å². The van der Waals surface area contributed by atoms with Crippen molar-refractivity contribution in [3.8, 4) is 0 Å². The van der Waals surface area contributed by atoms with Crippen LogP contribution in [-0.2, 0) is 6.42 Å². The van der Waals surface area contributed by atoms with Gasteiger partial charge in [0.15, 0.2) is 0 Å². The van der Waals surface area contributed by atoms with Crippen molar-refractivity contribution in [2.24, 2.45) is 5.92 Å². The van der Waals surface area contributed by atoms with Crippen molar-refractivity contribution in [3.05, 3.63) is 81.9 Å². The van der Waals surface area contributed by atoms with Gasteiger partial charge in [0.25, 0.3) is 11.5 Å². The lowest BCUT2D eigenvalue weighted by Gasteiger charge is -2.32. The predicted molar refractivity (Wildman–Crippen MR) is 105 cm³/mol. The number of rotatable bonds is 3. The van der Waals surface area contributed by atoms with Crippen molar-refractivity contribution in [2.45, 2.75) is 26.2 Å². The molecule has 0 atom stereocenters. The first-order chi connectivity index (χ1) is 13.1. The lowest BCUT2D eigenvalue weighted by molar-refractivity contribution is 0.0688. The summed E-state index contributed by atoms with van der Waals surface area (Å²) in [5, 5.41) is 0. The van der Waals surface area contributed by atoms with Gasteiger partial charge in [-0.3, -0.25) is 14.0 Å². The van der Waals surface area contributed by atoms with Crippen molar-refractivity contribution in [1.82, 2.24) is 14.3 Å². The fraction of sp³-hybridized carbons (Fsp3) is 0.318. The van der Waals surface area contributed by atoms with E-state index in [0.717, 1.165) is 24.8 Å². The van der Waals surface area contributed by atoms with Crippen LogP contribution in [0, 0.1) is 12.8 Å². The molecule has 0 unspecified atom stereocenters. The number of amides is 1. The Labute approximate surface area is 158 Å². The smallest absolute Gasteiger partial charge is 0.270 e. The number of pyridine rings is 1. The predicted octanol–water partition coefficient (Wildman–Crippen LogP) is 3.10. The van der Waals surface area contributed by atoms with Gasteiger partial charge >= 0.3 is 0 Å². The Bertz CT molecular complexity index is 1020. The molecule has 0 bridgehead atoms. The van der Waals surface area contributed by atoms with E-state index < -0.39 is 0 Å². The number of carbonyl (C=O) groups excluding carboxylic acids is 1. The van der Waals surface area contributed by atoms with Crippen molar-refractivity contribution in [2.75, 3.05) is 13.1 Å². The third kappa shape index (κ3) is 3.63. The van der Waals surface area contributed by atoms with Crippen molar-refractivity contribution >= 4 is 11.6 Å². The second kappa shape index (κ2) is 7.35. The molecule has 1 aromatic carbocycles. The fourth-order valence-electron chi connectivity index (χ4n) is 3.79. The minimum absolute atomic E-state index is 0.152. The highest BCUT2D eigenvalue weighted by Crippen LogP contribution is 2.22. The molecule has 5 heteroatoms. The number of piperidine rings is 1. The molecule has 1 aliphatic rings. The summed E-state index contributed by atoms with van der Waals surface area (Å²) in [5.74, 6) is 0.372. The Balaban J connectivity index is 1.47. The minimum Gasteiger partial charge on any atom is -0.338 e. The fourth-order valence-corrected chi connectivity index (χ4v) is 3.79. The minimum atomic E-state index is -0.292. The van der Waals surface area contributed by atoms with E-state index in [0.29, 0.717) is 24.7 Å². The maximum Gasteiger partial charge on any atom is 0.270 e. The summed E-state index contributed by atoms with van der Waals surface area (Å²) < 4.78 is 1.46. The number of carbonyl (C=O) groups is 1. The number of hydrogen-bond acceptors (Lipinski definition) is 3. The second-order valence-corrected chi connectivity index (χ2v) is 7.34. The monoisotopic (exact) mass is 361 g/mol. The number of hydrogen-bond donors (Lipinski definition) is 0. The molecule has 1 aliphatic heterocycles. The molecule has 0 aliphatic carbocycles. The second-order valence-electron chi connectivity index (χ2n) is 7.34. The summed E-state index contributed by atoms with van der Waals surface area (Å²) in [6.45, 7) is 3.29. The highest BCUT2D eigenvalue weighted by molar-refractivity contribution is 5.93. The highest BCUT2D eigenvalue weighted by Gasteiger charge is 2.26. The topological polar surface area (TPSA) is 54.7 Å². The molecule has 1 amide bonds. The van der Waals surface area contributed by atoms with E-state index in [2.05, 4.69) is 29.2 Å². The van der Waals surface area contributed by atoms with Crippen LogP contribution in [0.5, 0.6) is 0 Å². The SMILES string of the molecule is Cc1ccc2ncc(C(=O)N3CCC(Cc4ccccc4)CC3)c(=O)n2c1. The maximum absolute atomic E-state index is 12.9. The molecule has 4 rings (SSSR count). The Morgan fingerprint density at radius 1 is 1.11 bits per heavy atom. The summed E-state index contributed by atoms with van der Waals surface area (Å²) in [6, 6.07) is 14.2. The van der Waals surface area contributed by atoms with Crippen LogP contribution in [0.4, 0.5) is 0 Å². The standard InChI is InChI=1S/C22H23N3O2/c1-16-7-8-20-23-14-19(22(27)25(20)15-16)21(26)24-11-9-18(10-12-24)13-17-5-3-2-4-6-17/h2-8,14-15,18H,9-13H2,1H3. The van der Waals surface area contributed by atoms with Crippen LogP contribution in [0.15, 0.2) is 59.7 Å². The summed E-state index contributed by atoms with van der Waals surface area (Å²) in [6.07, 6.45) is 6.12. The zero-order valence-corrected chi connectivity index (χ0v) is 15.5. The Kier molecular flexibility index (Phi) is 4.75. The molecule has 5 nitrogen and oxygen atoms in total. The first-order valence-corrected chi connectivity index (χ1v) is 9.43. The van der Waals surface area contributed by atoms with Gasteiger partial charge < -0.3 is 4.90 Å². The van der Waals surface area contributed by atoms with Gasteiger partial charge in [0.1, 0.15) is 11.2 Å². The molecular weight excluding hydrogens is 338 g/mol. The van der Waals surface area contributed by atoms with Gasteiger partial charge in [-0.15, -0.1) is 0 Å².